The van der Waals surface area contributed by atoms with Gasteiger partial charge in [-0.3, -0.25) is 4.79 Å². The molecule has 2 rings (SSSR count). The van der Waals surface area contributed by atoms with Crippen LogP contribution in [0.1, 0.15) is 92.9 Å². The van der Waals surface area contributed by atoms with E-state index in [0.717, 1.165) is 38.2 Å². The fraction of sp³-hybridized carbons (Fsp3) is 0.750. The first-order valence-electron chi connectivity index (χ1n) is 12.7. The van der Waals surface area contributed by atoms with Gasteiger partial charge in [0.25, 0.3) is 0 Å². The number of hydrogen-bond donors (Lipinski definition) is 0. The SMILES string of the molecule is C=CC(=O)OC1CC(C(C)C)CCC1(C)OC(=O)CC(=C)C(=O)OC1(C)CCC(C(C)C)CC1. The Morgan fingerprint density at radius 2 is 1.50 bits per heavy atom. The molecule has 2 fully saturated rings. The lowest BCUT2D eigenvalue weighted by Gasteiger charge is -2.43. The second kappa shape index (κ2) is 11.5. The van der Waals surface area contributed by atoms with Gasteiger partial charge < -0.3 is 14.2 Å². The highest BCUT2D eigenvalue weighted by atomic mass is 16.6. The number of esters is 3. The fourth-order valence-electron chi connectivity index (χ4n) is 5.22. The van der Waals surface area contributed by atoms with Gasteiger partial charge in [-0.15, -0.1) is 0 Å². The van der Waals surface area contributed by atoms with Gasteiger partial charge in [0.15, 0.2) is 0 Å². The molecular formula is C28H44O6. The second-order valence-corrected chi connectivity index (χ2v) is 11.4. The smallest absolute Gasteiger partial charge is 0.334 e. The fourth-order valence-corrected chi connectivity index (χ4v) is 5.22. The third-order valence-electron chi connectivity index (χ3n) is 7.94. The summed E-state index contributed by atoms with van der Waals surface area (Å²) in [5.74, 6) is 0.412. The molecule has 0 radical (unpaired) electrons. The van der Waals surface area contributed by atoms with Crippen LogP contribution in [-0.2, 0) is 28.6 Å². The van der Waals surface area contributed by atoms with Crippen LogP contribution in [0.4, 0.5) is 0 Å². The summed E-state index contributed by atoms with van der Waals surface area (Å²) in [6.07, 6.45) is 6.01. The first-order valence-corrected chi connectivity index (χ1v) is 12.7. The molecule has 6 heteroatoms. The lowest BCUT2D eigenvalue weighted by atomic mass is 9.73. The molecule has 2 saturated carbocycles. The number of rotatable bonds is 9. The molecule has 0 heterocycles. The van der Waals surface area contributed by atoms with E-state index in [-0.39, 0.29) is 12.0 Å². The average Bonchev–Trinajstić information content (AvgIpc) is 2.74. The van der Waals surface area contributed by atoms with Crippen LogP contribution in [0.25, 0.3) is 0 Å². The Balaban J connectivity index is 1.95. The van der Waals surface area contributed by atoms with Crippen molar-refractivity contribution < 1.29 is 28.6 Å². The predicted molar refractivity (Wildman–Crippen MR) is 132 cm³/mol. The van der Waals surface area contributed by atoms with Gasteiger partial charge in [-0.05, 0) is 82.5 Å². The number of carbonyl (C=O) groups is 3. The molecule has 0 amide bonds. The number of carbonyl (C=O) groups excluding carboxylic acids is 3. The van der Waals surface area contributed by atoms with Crippen molar-refractivity contribution in [2.24, 2.45) is 23.7 Å². The van der Waals surface area contributed by atoms with E-state index in [9.17, 15) is 14.4 Å². The Labute approximate surface area is 205 Å². The first-order chi connectivity index (χ1) is 15.8. The summed E-state index contributed by atoms with van der Waals surface area (Å²) in [5.41, 5.74) is -1.41. The second-order valence-electron chi connectivity index (χ2n) is 11.4. The molecule has 6 nitrogen and oxygen atoms in total. The molecule has 0 saturated heterocycles. The Hall–Kier alpha value is -2.11. The largest absolute Gasteiger partial charge is 0.456 e. The quantitative estimate of drug-likeness (QED) is 0.233. The van der Waals surface area contributed by atoms with Crippen LogP contribution in [0.15, 0.2) is 24.8 Å². The maximum atomic E-state index is 12.8. The van der Waals surface area contributed by atoms with Crippen molar-refractivity contribution in [1.29, 1.82) is 0 Å². The zero-order valence-electron chi connectivity index (χ0n) is 22.0. The van der Waals surface area contributed by atoms with Gasteiger partial charge in [0, 0.05) is 11.6 Å². The van der Waals surface area contributed by atoms with E-state index < -0.39 is 35.2 Å². The summed E-state index contributed by atoms with van der Waals surface area (Å²) in [5, 5.41) is 0. The van der Waals surface area contributed by atoms with Gasteiger partial charge in [-0.1, -0.05) is 40.9 Å². The van der Waals surface area contributed by atoms with E-state index in [2.05, 4.69) is 40.9 Å². The summed E-state index contributed by atoms with van der Waals surface area (Å²) in [4.78, 5) is 37.4. The maximum Gasteiger partial charge on any atom is 0.334 e. The third-order valence-corrected chi connectivity index (χ3v) is 7.94. The zero-order valence-corrected chi connectivity index (χ0v) is 22.0. The van der Waals surface area contributed by atoms with Crippen molar-refractivity contribution in [3.8, 4) is 0 Å². The highest BCUT2D eigenvalue weighted by molar-refractivity contribution is 5.93. The molecule has 0 bridgehead atoms. The highest BCUT2D eigenvalue weighted by Crippen LogP contribution is 2.41. The predicted octanol–water partition coefficient (Wildman–Crippen LogP) is 5.94. The van der Waals surface area contributed by atoms with Crippen LogP contribution in [0.3, 0.4) is 0 Å². The molecule has 34 heavy (non-hydrogen) atoms. The molecule has 0 aromatic heterocycles. The molecule has 0 spiro atoms. The molecule has 0 aromatic carbocycles. The van der Waals surface area contributed by atoms with Gasteiger partial charge in [0.1, 0.15) is 17.3 Å². The summed E-state index contributed by atoms with van der Waals surface area (Å²) in [6, 6.07) is 0. The molecule has 192 valence electrons. The van der Waals surface area contributed by atoms with Gasteiger partial charge >= 0.3 is 17.9 Å². The maximum absolute atomic E-state index is 12.8. The van der Waals surface area contributed by atoms with Crippen LogP contribution in [-0.4, -0.2) is 35.2 Å². The Bertz CT molecular complexity index is 774. The first kappa shape index (κ1) is 28.1. The van der Waals surface area contributed by atoms with Crippen LogP contribution < -0.4 is 0 Å². The van der Waals surface area contributed by atoms with E-state index in [1.54, 1.807) is 6.92 Å². The number of hydrogen-bond acceptors (Lipinski definition) is 6. The van der Waals surface area contributed by atoms with Gasteiger partial charge in [0.05, 0.1) is 6.42 Å². The summed E-state index contributed by atoms with van der Waals surface area (Å²) in [6.45, 7) is 19.7. The summed E-state index contributed by atoms with van der Waals surface area (Å²) in [7, 11) is 0. The Morgan fingerprint density at radius 3 is 2.03 bits per heavy atom. The minimum atomic E-state index is -0.966. The Kier molecular flexibility index (Phi) is 9.55. The molecular weight excluding hydrogens is 432 g/mol. The summed E-state index contributed by atoms with van der Waals surface area (Å²) >= 11 is 0. The molecule has 0 aliphatic heterocycles. The highest BCUT2D eigenvalue weighted by Gasteiger charge is 2.46. The molecule has 2 aliphatic carbocycles. The topological polar surface area (TPSA) is 78.9 Å². The normalized spacial score (nSPS) is 31.6. The third kappa shape index (κ3) is 7.44. The molecule has 2 aliphatic rings. The Morgan fingerprint density at radius 1 is 0.941 bits per heavy atom. The zero-order chi connectivity index (χ0) is 25.7. The van der Waals surface area contributed by atoms with Gasteiger partial charge in [-0.25, -0.2) is 9.59 Å². The van der Waals surface area contributed by atoms with Crippen LogP contribution in [0, 0.1) is 23.7 Å². The van der Waals surface area contributed by atoms with Crippen molar-refractivity contribution >= 4 is 17.9 Å². The lowest BCUT2D eigenvalue weighted by molar-refractivity contribution is -0.191. The monoisotopic (exact) mass is 476 g/mol. The van der Waals surface area contributed by atoms with Crippen molar-refractivity contribution in [3.05, 3.63) is 24.8 Å². The summed E-state index contributed by atoms with van der Waals surface area (Å²) < 4.78 is 17.2. The van der Waals surface area contributed by atoms with Crippen LogP contribution in [0.2, 0.25) is 0 Å². The van der Waals surface area contributed by atoms with Gasteiger partial charge in [0.2, 0.25) is 0 Å². The minimum Gasteiger partial charge on any atom is -0.456 e. The van der Waals surface area contributed by atoms with E-state index in [4.69, 9.17) is 14.2 Å². The standard InChI is InChI=1S/C28H44O6/c1-9-24(29)32-23-17-22(19(4)5)12-15-28(23,8)33-25(30)16-20(6)26(31)34-27(7)13-10-21(11-14-27)18(2)3/h9,18-19,21-23H,1,6,10-17H2,2-5,7-8H3. The van der Waals surface area contributed by atoms with E-state index in [1.807, 2.05) is 6.92 Å². The molecule has 3 unspecified atom stereocenters. The van der Waals surface area contributed by atoms with Crippen LogP contribution in [0.5, 0.6) is 0 Å². The van der Waals surface area contributed by atoms with Crippen molar-refractivity contribution in [2.45, 2.75) is 110 Å². The van der Waals surface area contributed by atoms with Crippen LogP contribution >= 0.6 is 0 Å². The number of ether oxygens (including phenoxy) is 3. The van der Waals surface area contributed by atoms with Crippen molar-refractivity contribution in [2.75, 3.05) is 0 Å². The average molecular weight is 477 g/mol. The van der Waals surface area contributed by atoms with E-state index in [0.29, 0.717) is 36.5 Å². The lowest BCUT2D eigenvalue weighted by Crippen LogP contribution is -2.50. The van der Waals surface area contributed by atoms with Crippen molar-refractivity contribution in [3.63, 3.8) is 0 Å². The van der Waals surface area contributed by atoms with Crippen molar-refractivity contribution in [1.82, 2.24) is 0 Å². The van der Waals surface area contributed by atoms with E-state index in [1.165, 1.54) is 0 Å². The van der Waals surface area contributed by atoms with E-state index >= 15 is 0 Å². The minimum absolute atomic E-state index is 0.0799. The molecule has 0 N–H and O–H groups in total. The van der Waals surface area contributed by atoms with Gasteiger partial charge in [-0.2, -0.15) is 0 Å². The molecule has 3 atom stereocenters. The molecule has 0 aromatic rings.